The van der Waals surface area contributed by atoms with Crippen molar-refractivity contribution in [3.63, 3.8) is 0 Å². The van der Waals surface area contributed by atoms with Gasteiger partial charge in [-0.2, -0.15) is 13.2 Å². The van der Waals surface area contributed by atoms with Crippen LogP contribution >= 0.6 is 0 Å². The maximum atomic E-state index is 13.9. The van der Waals surface area contributed by atoms with Crippen molar-refractivity contribution in [1.82, 2.24) is 19.8 Å². The molecular weight excluding hydrogens is 513 g/mol. The van der Waals surface area contributed by atoms with Crippen LogP contribution in [0.4, 0.5) is 35.2 Å². The number of carbonyl (C=O) groups is 1. The van der Waals surface area contributed by atoms with Gasteiger partial charge in [0.2, 0.25) is 5.88 Å². The molecule has 4 rings (SSSR count). The van der Waals surface area contributed by atoms with Gasteiger partial charge in [-0.1, -0.05) is 6.07 Å². The van der Waals surface area contributed by atoms with E-state index in [1.165, 1.54) is 24.5 Å². The van der Waals surface area contributed by atoms with E-state index >= 15 is 0 Å². The predicted molar refractivity (Wildman–Crippen MR) is 139 cm³/mol. The first-order valence-electron chi connectivity index (χ1n) is 12.3. The average molecular weight is 543 g/mol. The first-order valence-corrected chi connectivity index (χ1v) is 12.3. The van der Waals surface area contributed by atoms with Crippen molar-refractivity contribution in [2.24, 2.45) is 5.11 Å². The second kappa shape index (κ2) is 12.2. The van der Waals surface area contributed by atoms with Crippen molar-refractivity contribution in [2.75, 3.05) is 36.8 Å². The van der Waals surface area contributed by atoms with Gasteiger partial charge in [0.1, 0.15) is 12.1 Å². The molecule has 0 saturated carbocycles. The first-order chi connectivity index (χ1) is 18.6. The van der Waals surface area contributed by atoms with Crippen molar-refractivity contribution < 1.29 is 22.7 Å². The quantitative estimate of drug-likeness (QED) is 0.295. The van der Waals surface area contributed by atoms with Gasteiger partial charge in [-0.25, -0.2) is 20.3 Å². The number of benzene rings is 2. The van der Waals surface area contributed by atoms with E-state index < -0.39 is 17.8 Å². The molecule has 3 aromatic rings. The third-order valence-electron chi connectivity index (χ3n) is 6.28. The lowest BCUT2D eigenvalue weighted by molar-refractivity contribution is -0.138. The molecule has 1 saturated heterocycles. The molecule has 3 N–H and O–H groups in total. The van der Waals surface area contributed by atoms with Gasteiger partial charge in [-0.15, -0.1) is 5.11 Å². The summed E-state index contributed by atoms with van der Waals surface area (Å²) in [6.45, 7) is 7.43. The molecule has 10 nitrogen and oxygen atoms in total. The van der Waals surface area contributed by atoms with E-state index in [0.717, 1.165) is 19.2 Å². The van der Waals surface area contributed by atoms with E-state index in [9.17, 15) is 18.0 Å². The van der Waals surface area contributed by atoms with Crippen LogP contribution in [-0.2, 0) is 12.7 Å². The normalized spacial score (nSPS) is 14.7. The maximum Gasteiger partial charge on any atom is 0.416 e. The van der Waals surface area contributed by atoms with Crippen LogP contribution in [0.25, 0.3) is 0 Å². The van der Waals surface area contributed by atoms with Crippen LogP contribution in [0.5, 0.6) is 11.6 Å². The lowest BCUT2D eigenvalue weighted by Gasteiger charge is -2.37. The molecule has 0 atom stereocenters. The lowest BCUT2D eigenvalue weighted by Crippen LogP contribution is -2.48. The van der Waals surface area contributed by atoms with Crippen LogP contribution in [0.2, 0.25) is 0 Å². The number of hydrogen-bond donors (Lipinski definition) is 3. The summed E-state index contributed by atoms with van der Waals surface area (Å²) in [5.41, 5.74) is 6.84. The fraction of sp³-hybridized carbons (Fsp3) is 0.346. The number of ether oxygens (including phenoxy) is 1. The number of anilines is 2. The zero-order valence-electron chi connectivity index (χ0n) is 21.5. The molecule has 206 valence electrons. The molecule has 0 aliphatic carbocycles. The Balaban J connectivity index is 1.37. The molecule has 0 spiro atoms. The number of halogens is 3. The number of nitrogens with zero attached hydrogens (tertiary/aromatic N) is 5. The number of piperazine rings is 1. The Morgan fingerprint density at radius 1 is 1.03 bits per heavy atom. The van der Waals surface area contributed by atoms with Gasteiger partial charge in [0.05, 0.1) is 5.56 Å². The highest BCUT2D eigenvalue weighted by Gasteiger charge is 2.34. The minimum absolute atomic E-state index is 0.0347. The van der Waals surface area contributed by atoms with Gasteiger partial charge >= 0.3 is 12.2 Å². The molecule has 1 aliphatic heterocycles. The highest BCUT2D eigenvalue weighted by molar-refractivity contribution is 5.99. The van der Waals surface area contributed by atoms with Crippen molar-refractivity contribution in [2.45, 2.75) is 32.6 Å². The third-order valence-corrected chi connectivity index (χ3v) is 6.28. The Bertz CT molecular complexity index is 1290. The molecule has 2 heterocycles. The van der Waals surface area contributed by atoms with Crippen LogP contribution < -0.4 is 15.4 Å². The second-order valence-electron chi connectivity index (χ2n) is 9.31. The molecule has 2 aromatic carbocycles. The smallest absolute Gasteiger partial charge is 0.416 e. The molecule has 2 amide bonds. The standard InChI is InChI=1S/C26H29F3N8O2/c1-17(2)37-11-9-36(10-12-37)15-18-3-4-20(13-22(18)26(27,28)29)34-25(38)33-19-5-7-21(8-6-19)39-24-14-23(35-30)31-16-32-24/h3-8,13-14,16-17,30H,9-12,15H2,1-2H3,(H2,33,34,38). The summed E-state index contributed by atoms with van der Waals surface area (Å²) in [5.74, 6) is 0.740. The van der Waals surface area contributed by atoms with Crippen molar-refractivity contribution in [3.05, 3.63) is 66.0 Å². The largest absolute Gasteiger partial charge is 0.439 e. The van der Waals surface area contributed by atoms with E-state index in [0.29, 0.717) is 30.6 Å². The fourth-order valence-corrected chi connectivity index (χ4v) is 4.20. The van der Waals surface area contributed by atoms with Crippen molar-refractivity contribution in [1.29, 1.82) is 5.53 Å². The monoisotopic (exact) mass is 542 g/mol. The van der Waals surface area contributed by atoms with Gasteiger partial charge in [0, 0.05) is 56.2 Å². The zero-order chi connectivity index (χ0) is 28.0. The summed E-state index contributed by atoms with van der Waals surface area (Å²) in [6.07, 6.45) is -3.34. The predicted octanol–water partition coefficient (Wildman–Crippen LogP) is 6.12. The van der Waals surface area contributed by atoms with E-state index in [2.05, 4.69) is 44.5 Å². The Hall–Kier alpha value is -4.10. The average Bonchev–Trinajstić information content (AvgIpc) is 2.90. The van der Waals surface area contributed by atoms with Crippen molar-refractivity contribution in [3.8, 4) is 11.6 Å². The Morgan fingerprint density at radius 2 is 1.69 bits per heavy atom. The molecule has 0 radical (unpaired) electrons. The zero-order valence-corrected chi connectivity index (χ0v) is 21.5. The second-order valence-corrected chi connectivity index (χ2v) is 9.31. The highest BCUT2D eigenvalue weighted by atomic mass is 19.4. The Labute approximate surface area is 223 Å². The molecular formula is C26H29F3N8O2. The number of hydrogen-bond acceptors (Lipinski definition) is 8. The molecule has 0 bridgehead atoms. The van der Waals surface area contributed by atoms with E-state index in [-0.39, 0.29) is 29.5 Å². The summed E-state index contributed by atoms with van der Waals surface area (Å²) in [5, 5.41) is 8.27. The van der Waals surface area contributed by atoms with Gasteiger partial charge in [-0.05, 0) is 55.8 Å². The Kier molecular flexibility index (Phi) is 8.72. The van der Waals surface area contributed by atoms with E-state index in [1.807, 2.05) is 4.90 Å². The summed E-state index contributed by atoms with van der Waals surface area (Å²) < 4.78 is 47.2. The fourth-order valence-electron chi connectivity index (χ4n) is 4.20. The molecule has 1 aliphatic rings. The van der Waals surface area contributed by atoms with Crippen LogP contribution in [0.3, 0.4) is 0 Å². The van der Waals surface area contributed by atoms with Crippen LogP contribution in [0, 0.1) is 5.53 Å². The number of alkyl halides is 3. The van der Waals surface area contributed by atoms with Crippen LogP contribution in [0.15, 0.2) is 60.0 Å². The SMILES string of the molecule is CC(C)N1CCN(Cc2ccc(NC(=O)Nc3ccc(Oc4cc(N=N)ncn4)cc3)cc2C(F)(F)F)CC1. The molecule has 1 fully saturated rings. The van der Waals surface area contributed by atoms with Gasteiger partial charge in [0.15, 0.2) is 5.82 Å². The summed E-state index contributed by atoms with van der Waals surface area (Å²) >= 11 is 0. The first kappa shape index (κ1) is 27.9. The van der Waals surface area contributed by atoms with Gasteiger partial charge in [-0.3, -0.25) is 9.80 Å². The van der Waals surface area contributed by atoms with Gasteiger partial charge < -0.3 is 15.4 Å². The molecule has 1 aromatic heterocycles. The van der Waals surface area contributed by atoms with Gasteiger partial charge in [0.25, 0.3) is 0 Å². The van der Waals surface area contributed by atoms with E-state index in [4.69, 9.17) is 10.3 Å². The molecule has 39 heavy (non-hydrogen) atoms. The number of rotatable bonds is 8. The van der Waals surface area contributed by atoms with Crippen LogP contribution in [-0.4, -0.2) is 58.0 Å². The minimum atomic E-state index is -4.56. The third kappa shape index (κ3) is 7.71. The van der Waals surface area contributed by atoms with Crippen LogP contribution in [0.1, 0.15) is 25.0 Å². The number of amides is 2. The lowest BCUT2D eigenvalue weighted by atomic mass is 10.0. The maximum absolute atomic E-state index is 13.9. The number of aromatic nitrogens is 2. The summed E-state index contributed by atoms with van der Waals surface area (Å²) in [7, 11) is 0. The van der Waals surface area contributed by atoms with E-state index in [1.54, 1.807) is 24.3 Å². The molecule has 0 unspecified atom stereocenters. The summed E-state index contributed by atoms with van der Waals surface area (Å²) in [4.78, 5) is 24.5. The number of carbonyl (C=O) groups excluding carboxylic acids is 1. The molecule has 13 heteroatoms. The number of urea groups is 1. The Morgan fingerprint density at radius 3 is 2.33 bits per heavy atom. The minimum Gasteiger partial charge on any atom is -0.439 e. The summed E-state index contributed by atoms with van der Waals surface area (Å²) in [6, 6.07) is 11.3. The topological polar surface area (TPSA) is 119 Å². The number of nitrogens with one attached hydrogen (secondary N) is 3. The van der Waals surface area contributed by atoms with Crippen molar-refractivity contribution >= 4 is 23.2 Å². The highest BCUT2D eigenvalue weighted by Crippen LogP contribution is 2.35.